The highest BCUT2D eigenvalue weighted by atomic mass is 16.7. The molecule has 0 aromatic heterocycles. The van der Waals surface area contributed by atoms with Crippen molar-refractivity contribution in [3.05, 3.63) is 0 Å². The molecule has 816 valence electrons. The van der Waals surface area contributed by atoms with Crippen LogP contribution in [0.2, 0.25) is 0 Å². The lowest BCUT2D eigenvalue weighted by atomic mass is 9.79. The first kappa shape index (κ1) is 114. The summed E-state index contributed by atoms with van der Waals surface area (Å²) in [7, 11) is 0. The standard InChI is InChI=1S/3C19H28O6.2C18H26O6.C17H24O6/c1-7-17(2,3)15(21)25-18(4,5)16(22)24-13-12-10-8-19(13,6)9-11(10)14(20)23-12;1-7-17(2,3)15(21)24-18(4,5)16(22)25-19(6)10-8-11-12(9-10)14(20)23-13(11)19;1-7-17(2,3)15(21)25-18(4,5)16(22)23-13-10-8-11-12(9-10)19(13,6)24-14(11)20;1-6-17(2,3)15(20)24-18(4,5)16(21)23-12-9-7-10-11(8-9)14(19)22-13(10)12;1-5-17(2,3)16(21)22-7-6-13(19)24-18(4)10-8-11-12(9-10)15(20)23-14(11)18;1-4-17(2,3)16(20)21-6-5-12(18)22-13-9-7-10-11(8-9)15(19)23-14(10)13/h3*10-13H,7-9H2,1-6H3;9-13H,6-8H2,1-5H3;10-12,14H,5-9H2,1-4H3;9-11,13-14H,4-8H2,1-3H3. The SMILES string of the molecule is CCC(C)(C)C(=O)OC(C)(C)C(=O)OC1(C)C2CC3C(=O)OC1C3C2.CCC(C)(C)C(=O)OC(C)(C)C(=O)OC1C2CC3C(=O)OC1(C)C3C2.CCC(C)(C)C(=O)OC(C)(C)C(=O)OC1C2CC3C(=O)OC1C3C2.CCC(C)(C)C(=O)OC(C)(C)C(=O)OC1C2OC(=O)C3CC1(C)CC32.CCC(C)(C)C(=O)OCCC(=O)OC1(C)C2CC3C(=O)OC1C3C2.CCC(C)(C)C(=O)OCCC(=O)OC1C2CC3C(=O)OC1C3C2. The molecule has 30 unspecified atom stereocenters. The van der Waals surface area contributed by atoms with Gasteiger partial charge in [-0.1, -0.05) is 48.5 Å². The van der Waals surface area contributed by atoms with Crippen LogP contribution >= 0.6 is 0 Å². The fourth-order valence-electron chi connectivity index (χ4n) is 24.8. The number of carbonyl (C=O) groups is 18. The van der Waals surface area contributed by atoms with Crippen molar-refractivity contribution >= 4 is 107 Å². The lowest BCUT2D eigenvalue weighted by Crippen LogP contribution is -2.52. The molecule has 0 aromatic carbocycles. The highest BCUT2D eigenvalue weighted by Crippen LogP contribution is 2.66. The number of hydrogen-bond acceptors (Lipinski definition) is 36. The molecular formula is C110H160O36. The van der Waals surface area contributed by atoms with E-state index in [0.717, 1.165) is 57.8 Å². The number of carbonyl (C=O) groups excluding carboxylic acids is 18. The van der Waals surface area contributed by atoms with E-state index in [1.54, 1.807) is 69.2 Å². The van der Waals surface area contributed by atoms with Crippen LogP contribution in [0.1, 0.15) is 336 Å². The van der Waals surface area contributed by atoms with Gasteiger partial charge in [0, 0.05) is 70.5 Å². The van der Waals surface area contributed by atoms with Crippen LogP contribution in [0.3, 0.4) is 0 Å². The van der Waals surface area contributed by atoms with Crippen LogP contribution in [-0.2, 0) is 172 Å². The van der Waals surface area contributed by atoms with Crippen molar-refractivity contribution in [3.8, 4) is 0 Å². The van der Waals surface area contributed by atoms with Gasteiger partial charge in [0.05, 0.1) is 80.8 Å². The fraction of sp³-hybridized carbons (Fsp3) is 0.836. The van der Waals surface area contributed by atoms with Gasteiger partial charge in [-0.3, -0.25) is 67.1 Å². The van der Waals surface area contributed by atoms with E-state index >= 15 is 0 Å². The molecule has 6 aliphatic heterocycles. The smallest absolute Gasteiger partial charge is 0.350 e. The molecule has 0 spiro atoms. The summed E-state index contributed by atoms with van der Waals surface area (Å²) in [4.78, 5) is 219. The molecule has 0 amide bonds. The van der Waals surface area contributed by atoms with Gasteiger partial charge < -0.3 is 85.3 Å². The Hall–Kier alpha value is -9.54. The van der Waals surface area contributed by atoms with Crippen molar-refractivity contribution in [1.29, 1.82) is 0 Å². The number of fused-ring (bicyclic) bond motifs is 6. The minimum atomic E-state index is -1.39. The van der Waals surface area contributed by atoms with E-state index in [9.17, 15) is 86.3 Å². The van der Waals surface area contributed by atoms with E-state index in [4.69, 9.17) is 85.3 Å². The molecule has 18 rings (SSSR count). The predicted octanol–water partition coefficient (Wildman–Crippen LogP) is 14.2. The average molecular weight is 2060 g/mol. The second-order valence-electron chi connectivity index (χ2n) is 51.2. The molecule has 0 N–H and O–H groups in total. The van der Waals surface area contributed by atoms with E-state index in [-0.39, 0.29) is 216 Å². The summed E-state index contributed by atoms with van der Waals surface area (Å²) in [5.41, 5.74) is -11.8. The van der Waals surface area contributed by atoms with Crippen molar-refractivity contribution < 1.29 is 172 Å². The van der Waals surface area contributed by atoms with Crippen molar-refractivity contribution in [2.45, 2.75) is 430 Å². The van der Waals surface area contributed by atoms with E-state index in [2.05, 4.69) is 0 Å². The molecule has 30 atom stereocenters. The molecule has 6 heterocycles. The van der Waals surface area contributed by atoms with Crippen LogP contribution in [0, 0.1) is 139 Å². The van der Waals surface area contributed by atoms with Crippen LogP contribution in [0.25, 0.3) is 0 Å². The lowest BCUT2D eigenvalue weighted by molar-refractivity contribution is -0.204. The summed E-state index contributed by atoms with van der Waals surface area (Å²) >= 11 is 0. The third kappa shape index (κ3) is 21.3. The van der Waals surface area contributed by atoms with Gasteiger partial charge >= 0.3 is 107 Å². The Morgan fingerprint density at radius 2 is 0.637 bits per heavy atom. The number of esters is 18. The van der Waals surface area contributed by atoms with Gasteiger partial charge in [-0.05, 0) is 275 Å². The monoisotopic (exact) mass is 2060 g/mol. The lowest BCUT2D eigenvalue weighted by Gasteiger charge is -2.38. The maximum atomic E-state index is 12.8. The summed E-state index contributed by atoms with van der Waals surface area (Å²) in [6.07, 6.45) is 9.98. The second-order valence-corrected chi connectivity index (χ2v) is 51.2. The largest absolute Gasteiger partial charge is 0.465 e. The van der Waals surface area contributed by atoms with Gasteiger partial charge in [-0.2, -0.15) is 0 Å². The Labute approximate surface area is 856 Å². The van der Waals surface area contributed by atoms with E-state index in [0.29, 0.717) is 57.8 Å². The van der Waals surface area contributed by atoms with Gasteiger partial charge in [-0.15, -0.1) is 0 Å². The Balaban J connectivity index is 0.000000147. The Kier molecular flexibility index (Phi) is 31.4. The molecule has 36 heteroatoms. The first-order chi connectivity index (χ1) is 67.3. The van der Waals surface area contributed by atoms with Gasteiger partial charge in [0.25, 0.3) is 0 Å². The van der Waals surface area contributed by atoms with Crippen molar-refractivity contribution in [1.82, 2.24) is 0 Å². The molecule has 6 saturated heterocycles. The molecule has 146 heavy (non-hydrogen) atoms. The highest BCUT2D eigenvalue weighted by Gasteiger charge is 2.75. The van der Waals surface area contributed by atoms with Crippen LogP contribution < -0.4 is 0 Å². The normalized spacial score (nSPS) is 35.7. The van der Waals surface area contributed by atoms with Gasteiger partial charge in [0.15, 0.2) is 0 Å². The molecule has 18 fully saturated rings. The van der Waals surface area contributed by atoms with Crippen LogP contribution in [-0.4, -0.2) is 215 Å². The number of ether oxygens (including phenoxy) is 18. The number of hydrogen-bond donors (Lipinski definition) is 0. The summed E-state index contributed by atoms with van der Waals surface area (Å²) in [5.74, 6) is -4.86. The topological polar surface area (TPSA) is 473 Å². The Morgan fingerprint density at radius 3 is 1.05 bits per heavy atom. The van der Waals surface area contributed by atoms with Crippen molar-refractivity contribution in [3.63, 3.8) is 0 Å². The van der Waals surface area contributed by atoms with Crippen LogP contribution in [0.4, 0.5) is 0 Å². The first-order valence-electron chi connectivity index (χ1n) is 53.2. The quantitative estimate of drug-likeness (QED) is 0.0446. The zero-order chi connectivity index (χ0) is 109. The Morgan fingerprint density at radius 1 is 0.301 bits per heavy atom. The van der Waals surface area contributed by atoms with E-state index in [1.165, 1.54) is 41.5 Å². The highest BCUT2D eigenvalue weighted by molar-refractivity contribution is 5.90. The molecule has 12 aliphatic carbocycles. The molecule has 0 radical (unpaired) electrons. The van der Waals surface area contributed by atoms with Crippen LogP contribution in [0.5, 0.6) is 0 Å². The van der Waals surface area contributed by atoms with Gasteiger partial charge in [0.1, 0.15) is 85.0 Å². The zero-order valence-corrected chi connectivity index (χ0v) is 91.3. The molecular weight excluding hydrogens is 1900 g/mol. The summed E-state index contributed by atoms with van der Waals surface area (Å²) < 4.78 is 99.1. The third-order valence-corrected chi connectivity index (χ3v) is 37.2. The summed E-state index contributed by atoms with van der Waals surface area (Å²) in [5, 5.41) is 0. The minimum absolute atomic E-state index is 0.0102. The zero-order valence-electron chi connectivity index (χ0n) is 91.3. The summed E-state index contributed by atoms with van der Waals surface area (Å²) in [6.45, 7) is 52.9. The van der Waals surface area contributed by atoms with Gasteiger partial charge in [-0.25, -0.2) is 19.2 Å². The fourth-order valence-corrected chi connectivity index (χ4v) is 24.8. The van der Waals surface area contributed by atoms with Crippen molar-refractivity contribution in [2.75, 3.05) is 13.2 Å². The maximum Gasteiger partial charge on any atom is 0.350 e. The van der Waals surface area contributed by atoms with Crippen LogP contribution in [0.15, 0.2) is 0 Å². The van der Waals surface area contributed by atoms with Crippen molar-refractivity contribution in [2.24, 2.45) is 139 Å². The summed E-state index contributed by atoms with van der Waals surface area (Å²) in [6, 6.07) is 0. The minimum Gasteiger partial charge on any atom is -0.465 e. The number of rotatable bonds is 32. The molecule has 12 saturated carbocycles. The molecule has 0 aromatic rings. The Bertz CT molecular complexity index is 5080. The predicted molar refractivity (Wildman–Crippen MR) is 512 cm³/mol. The second kappa shape index (κ2) is 40.3. The third-order valence-electron chi connectivity index (χ3n) is 37.2. The maximum absolute atomic E-state index is 12.8. The average Bonchev–Trinajstić information content (AvgIpc) is 1.55. The molecule has 36 nitrogen and oxygen atoms in total. The first-order valence-corrected chi connectivity index (χ1v) is 53.2. The van der Waals surface area contributed by atoms with E-state index < -0.39 is 150 Å². The van der Waals surface area contributed by atoms with E-state index in [1.807, 2.05) is 96.9 Å². The molecule has 18 aliphatic rings. The molecule has 12 bridgehead atoms. The van der Waals surface area contributed by atoms with Gasteiger partial charge in [0.2, 0.25) is 22.4 Å².